The van der Waals surface area contributed by atoms with Crippen molar-refractivity contribution in [2.45, 2.75) is 12.6 Å². The van der Waals surface area contributed by atoms with E-state index in [1.165, 1.54) is 12.1 Å². The predicted molar refractivity (Wildman–Crippen MR) is 63.3 cm³/mol. The molecule has 1 aromatic carbocycles. The summed E-state index contributed by atoms with van der Waals surface area (Å²) in [5.74, 6) is -0.252. The van der Waals surface area contributed by atoms with Gasteiger partial charge in [0.1, 0.15) is 5.82 Å². The Kier molecular flexibility index (Phi) is 3.36. The van der Waals surface area contributed by atoms with Crippen LogP contribution in [0.2, 0.25) is 0 Å². The quantitative estimate of drug-likeness (QED) is 0.941. The number of aromatic nitrogens is 2. The highest BCUT2D eigenvalue weighted by Gasteiger charge is 2.07. The lowest BCUT2D eigenvalue weighted by Gasteiger charge is -2.11. The van der Waals surface area contributed by atoms with Gasteiger partial charge in [-0.2, -0.15) is 5.10 Å². The van der Waals surface area contributed by atoms with Gasteiger partial charge < -0.3 is 5.73 Å². The van der Waals surface area contributed by atoms with Crippen molar-refractivity contribution in [1.82, 2.24) is 9.78 Å². The first-order valence-corrected chi connectivity index (χ1v) is 5.63. The molecule has 3 nitrogen and oxygen atoms in total. The highest BCUT2D eigenvalue weighted by molar-refractivity contribution is 9.10. The van der Waals surface area contributed by atoms with Crippen LogP contribution in [-0.2, 0) is 6.54 Å². The predicted octanol–water partition coefficient (Wildman–Crippen LogP) is 2.48. The lowest BCUT2D eigenvalue weighted by Crippen LogP contribution is -2.17. The Balaban J connectivity index is 2.08. The van der Waals surface area contributed by atoms with E-state index in [2.05, 4.69) is 21.0 Å². The Hall–Kier alpha value is -1.20. The van der Waals surface area contributed by atoms with Crippen molar-refractivity contribution in [3.8, 4) is 0 Å². The summed E-state index contributed by atoms with van der Waals surface area (Å²) in [6, 6.07) is 6.02. The summed E-state index contributed by atoms with van der Waals surface area (Å²) in [6.07, 6.45) is 3.56. The molecule has 0 bridgehead atoms. The van der Waals surface area contributed by atoms with Gasteiger partial charge in [0, 0.05) is 12.2 Å². The van der Waals surface area contributed by atoms with Crippen LogP contribution in [0.1, 0.15) is 11.6 Å². The molecule has 2 rings (SSSR count). The van der Waals surface area contributed by atoms with Crippen LogP contribution in [0.15, 0.2) is 41.1 Å². The molecule has 1 heterocycles. The summed E-state index contributed by atoms with van der Waals surface area (Å²) < 4.78 is 15.4. The Morgan fingerprint density at radius 2 is 2.06 bits per heavy atom. The van der Waals surface area contributed by atoms with E-state index in [1.54, 1.807) is 23.0 Å². The summed E-state index contributed by atoms with van der Waals surface area (Å²) in [5.41, 5.74) is 6.88. The van der Waals surface area contributed by atoms with Crippen LogP contribution in [0.4, 0.5) is 4.39 Å². The van der Waals surface area contributed by atoms with E-state index in [1.807, 2.05) is 6.20 Å². The van der Waals surface area contributed by atoms with Gasteiger partial charge in [0.25, 0.3) is 0 Å². The van der Waals surface area contributed by atoms with Gasteiger partial charge in [-0.1, -0.05) is 12.1 Å². The molecule has 2 N–H and O–H groups in total. The highest BCUT2D eigenvalue weighted by Crippen LogP contribution is 2.14. The van der Waals surface area contributed by atoms with E-state index in [4.69, 9.17) is 5.73 Å². The average molecular weight is 284 g/mol. The first-order valence-electron chi connectivity index (χ1n) is 4.84. The van der Waals surface area contributed by atoms with Crippen LogP contribution in [0, 0.1) is 5.82 Å². The second-order valence-corrected chi connectivity index (χ2v) is 4.45. The summed E-state index contributed by atoms with van der Waals surface area (Å²) >= 11 is 3.31. The lowest BCUT2D eigenvalue weighted by atomic mass is 10.1. The monoisotopic (exact) mass is 283 g/mol. The van der Waals surface area contributed by atoms with Crippen LogP contribution in [0.5, 0.6) is 0 Å². The molecule has 84 valence electrons. The van der Waals surface area contributed by atoms with Gasteiger partial charge in [-0.3, -0.25) is 4.68 Å². The van der Waals surface area contributed by atoms with Crippen molar-refractivity contribution < 1.29 is 4.39 Å². The zero-order chi connectivity index (χ0) is 11.5. The molecule has 0 aliphatic heterocycles. The Labute approximate surface area is 101 Å². The smallest absolute Gasteiger partial charge is 0.123 e. The molecule has 2 aromatic rings. The Morgan fingerprint density at radius 3 is 2.62 bits per heavy atom. The molecule has 1 atom stereocenters. The minimum absolute atomic E-state index is 0.188. The van der Waals surface area contributed by atoms with Crippen LogP contribution < -0.4 is 5.73 Å². The number of nitrogens with zero attached hydrogens (tertiary/aromatic N) is 2. The van der Waals surface area contributed by atoms with E-state index in [0.717, 1.165) is 10.0 Å². The molecular formula is C11H11BrFN3. The maximum absolute atomic E-state index is 12.7. The first kappa shape index (κ1) is 11.3. The van der Waals surface area contributed by atoms with E-state index >= 15 is 0 Å². The third-order valence-corrected chi connectivity index (χ3v) is 2.69. The summed E-state index contributed by atoms with van der Waals surface area (Å²) in [4.78, 5) is 0. The fourth-order valence-electron chi connectivity index (χ4n) is 1.46. The van der Waals surface area contributed by atoms with Gasteiger partial charge in [-0.15, -0.1) is 0 Å². The Morgan fingerprint density at radius 1 is 1.38 bits per heavy atom. The van der Waals surface area contributed by atoms with Crippen molar-refractivity contribution in [3.63, 3.8) is 0 Å². The third-order valence-electron chi connectivity index (χ3n) is 2.28. The molecule has 0 radical (unpaired) electrons. The number of nitrogens with two attached hydrogens (primary N) is 1. The van der Waals surface area contributed by atoms with E-state index in [-0.39, 0.29) is 11.9 Å². The van der Waals surface area contributed by atoms with Crippen molar-refractivity contribution in [3.05, 3.63) is 52.5 Å². The highest BCUT2D eigenvalue weighted by atomic mass is 79.9. The minimum atomic E-state index is -0.252. The van der Waals surface area contributed by atoms with Crippen LogP contribution in [-0.4, -0.2) is 9.78 Å². The molecule has 1 unspecified atom stereocenters. The molecule has 0 fully saturated rings. The molecular weight excluding hydrogens is 273 g/mol. The number of hydrogen-bond donors (Lipinski definition) is 1. The lowest BCUT2D eigenvalue weighted by molar-refractivity contribution is 0.526. The van der Waals surface area contributed by atoms with E-state index in [0.29, 0.717) is 6.54 Å². The van der Waals surface area contributed by atoms with Crippen LogP contribution in [0.25, 0.3) is 0 Å². The van der Waals surface area contributed by atoms with Gasteiger partial charge in [-0.25, -0.2) is 4.39 Å². The van der Waals surface area contributed by atoms with Gasteiger partial charge in [-0.05, 0) is 33.6 Å². The van der Waals surface area contributed by atoms with Crippen molar-refractivity contribution in [2.75, 3.05) is 0 Å². The fourth-order valence-corrected chi connectivity index (χ4v) is 1.78. The molecule has 16 heavy (non-hydrogen) atoms. The first-order chi connectivity index (χ1) is 7.65. The molecule has 0 spiro atoms. The number of rotatable bonds is 3. The summed E-state index contributed by atoms with van der Waals surface area (Å²) in [6.45, 7) is 0.567. The summed E-state index contributed by atoms with van der Waals surface area (Å²) in [5, 5.41) is 4.11. The standard InChI is InChI=1S/C11H11BrFN3/c12-9-5-15-16(6-9)7-11(14)8-1-3-10(13)4-2-8/h1-6,11H,7,14H2. The largest absolute Gasteiger partial charge is 0.322 e. The van der Waals surface area contributed by atoms with Crippen molar-refractivity contribution >= 4 is 15.9 Å². The van der Waals surface area contributed by atoms with Crippen LogP contribution >= 0.6 is 15.9 Å². The minimum Gasteiger partial charge on any atom is -0.322 e. The normalized spacial score (nSPS) is 12.7. The SMILES string of the molecule is NC(Cn1cc(Br)cn1)c1ccc(F)cc1. The van der Waals surface area contributed by atoms with Crippen molar-refractivity contribution in [1.29, 1.82) is 0 Å². The molecule has 0 saturated carbocycles. The van der Waals surface area contributed by atoms with Gasteiger partial charge in [0.15, 0.2) is 0 Å². The maximum Gasteiger partial charge on any atom is 0.123 e. The van der Waals surface area contributed by atoms with Crippen LogP contribution in [0.3, 0.4) is 0 Å². The third kappa shape index (κ3) is 2.68. The zero-order valence-electron chi connectivity index (χ0n) is 8.48. The Bertz CT molecular complexity index is 466. The molecule has 0 aliphatic carbocycles. The average Bonchev–Trinajstić information content (AvgIpc) is 2.65. The number of benzene rings is 1. The molecule has 0 saturated heterocycles. The van der Waals surface area contributed by atoms with Gasteiger partial charge >= 0.3 is 0 Å². The summed E-state index contributed by atoms with van der Waals surface area (Å²) in [7, 11) is 0. The number of hydrogen-bond acceptors (Lipinski definition) is 2. The van der Waals surface area contributed by atoms with Crippen molar-refractivity contribution in [2.24, 2.45) is 5.73 Å². The van der Waals surface area contributed by atoms with E-state index in [9.17, 15) is 4.39 Å². The molecule has 1 aromatic heterocycles. The van der Waals surface area contributed by atoms with Gasteiger partial charge in [0.05, 0.1) is 17.2 Å². The topological polar surface area (TPSA) is 43.8 Å². The number of halogens is 2. The fraction of sp³-hybridized carbons (Fsp3) is 0.182. The molecule has 0 aliphatic rings. The van der Waals surface area contributed by atoms with Gasteiger partial charge in [0.2, 0.25) is 0 Å². The molecule has 5 heteroatoms. The second-order valence-electron chi connectivity index (χ2n) is 3.54. The zero-order valence-corrected chi connectivity index (χ0v) is 10.1. The molecule has 0 amide bonds. The van der Waals surface area contributed by atoms with E-state index < -0.39 is 0 Å². The maximum atomic E-state index is 12.7. The second kappa shape index (κ2) is 4.76.